The zero-order valence-electron chi connectivity index (χ0n) is 15.3. The average Bonchev–Trinajstić information content (AvgIpc) is 3.20. The highest BCUT2D eigenvalue weighted by atomic mass is 16.6. The summed E-state index contributed by atoms with van der Waals surface area (Å²) in [5.74, 6) is 1.87. The molecule has 3 heterocycles. The third-order valence-electron chi connectivity index (χ3n) is 4.80. The van der Waals surface area contributed by atoms with Gasteiger partial charge in [-0.15, -0.1) is 0 Å². The molecule has 1 atom stereocenters. The van der Waals surface area contributed by atoms with Gasteiger partial charge in [0.25, 0.3) is 5.69 Å². The van der Waals surface area contributed by atoms with E-state index in [0.717, 1.165) is 47.9 Å². The maximum Gasteiger partial charge on any atom is 0.269 e. The molecule has 0 bridgehead atoms. The van der Waals surface area contributed by atoms with Gasteiger partial charge < -0.3 is 5.32 Å². The largest absolute Gasteiger partial charge is 0.308 e. The Morgan fingerprint density at radius 3 is 2.81 bits per heavy atom. The number of benzene rings is 1. The van der Waals surface area contributed by atoms with Gasteiger partial charge in [0.15, 0.2) is 0 Å². The first-order valence-electron chi connectivity index (χ1n) is 8.90. The summed E-state index contributed by atoms with van der Waals surface area (Å²) in [5, 5.41) is 23.4. The molecule has 1 aliphatic heterocycles. The summed E-state index contributed by atoms with van der Waals surface area (Å²) in [5.41, 5.74) is 2.85. The van der Waals surface area contributed by atoms with Crippen molar-refractivity contribution >= 4 is 5.69 Å². The van der Waals surface area contributed by atoms with Gasteiger partial charge in [0.1, 0.15) is 11.6 Å². The van der Waals surface area contributed by atoms with Crippen LogP contribution in [0.4, 0.5) is 5.69 Å². The number of nitrogens with one attached hydrogen (secondary N) is 1. The van der Waals surface area contributed by atoms with Gasteiger partial charge >= 0.3 is 0 Å². The molecule has 27 heavy (non-hydrogen) atoms. The summed E-state index contributed by atoms with van der Waals surface area (Å²) in [6.45, 7) is 3.40. The summed E-state index contributed by atoms with van der Waals surface area (Å²) < 4.78 is 3.75. The molecule has 1 unspecified atom stereocenters. The van der Waals surface area contributed by atoms with Gasteiger partial charge in [-0.3, -0.25) is 14.8 Å². The fraction of sp³-hybridized carbons (Fsp3) is 0.389. The Hall–Kier alpha value is -3.07. The number of nitro benzene ring substituents is 1. The molecular weight excluding hydrogens is 346 g/mol. The number of aromatic nitrogens is 5. The number of fused-ring (bicyclic) bond motifs is 1. The third-order valence-corrected chi connectivity index (χ3v) is 4.80. The predicted molar refractivity (Wildman–Crippen MR) is 99.0 cm³/mol. The van der Waals surface area contributed by atoms with Crippen molar-refractivity contribution in [1.29, 1.82) is 0 Å². The second-order valence-corrected chi connectivity index (χ2v) is 6.85. The lowest BCUT2D eigenvalue weighted by atomic mass is 10.1. The van der Waals surface area contributed by atoms with Crippen LogP contribution < -0.4 is 5.32 Å². The maximum atomic E-state index is 10.9. The quantitative estimate of drug-likeness (QED) is 0.546. The molecule has 9 nitrogen and oxygen atoms in total. The Bertz CT molecular complexity index is 974. The molecular formula is C18H21N7O2. The molecule has 1 aromatic carbocycles. The first-order valence-corrected chi connectivity index (χ1v) is 8.90. The summed E-state index contributed by atoms with van der Waals surface area (Å²) in [6.07, 6.45) is 3.92. The fourth-order valence-corrected chi connectivity index (χ4v) is 3.51. The van der Waals surface area contributed by atoms with Crippen molar-refractivity contribution < 1.29 is 4.92 Å². The highest BCUT2D eigenvalue weighted by Gasteiger charge is 2.21. The molecule has 1 aliphatic rings. The van der Waals surface area contributed by atoms with Crippen molar-refractivity contribution in [1.82, 2.24) is 29.9 Å². The maximum absolute atomic E-state index is 10.9. The van der Waals surface area contributed by atoms with Gasteiger partial charge in [0, 0.05) is 55.5 Å². The van der Waals surface area contributed by atoms with Crippen LogP contribution in [0.25, 0.3) is 11.3 Å². The summed E-state index contributed by atoms with van der Waals surface area (Å²) >= 11 is 0. The van der Waals surface area contributed by atoms with Crippen molar-refractivity contribution in [2.24, 2.45) is 7.05 Å². The van der Waals surface area contributed by atoms with Crippen molar-refractivity contribution in [3.63, 3.8) is 0 Å². The molecule has 0 saturated carbocycles. The Kier molecular flexibility index (Phi) is 4.44. The topological polar surface area (TPSA) is 104 Å². The van der Waals surface area contributed by atoms with E-state index < -0.39 is 4.92 Å². The summed E-state index contributed by atoms with van der Waals surface area (Å²) in [4.78, 5) is 14.9. The van der Waals surface area contributed by atoms with Crippen molar-refractivity contribution in [2.45, 2.75) is 38.9 Å². The lowest BCUT2D eigenvalue weighted by Gasteiger charge is -2.23. The first kappa shape index (κ1) is 17.3. The van der Waals surface area contributed by atoms with Crippen LogP contribution in [0.15, 0.2) is 30.5 Å². The van der Waals surface area contributed by atoms with Crippen LogP contribution in [0.5, 0.6) is 0 Å². The Morgan fingerprint density at radius 1 is 1.30 bits per heavy atom. The molecule has 3 aromatic rings. The summed E-state index contributed by atoms with van der Waals surface area (Å²) in [7, 11) is 1.88. The average molecular weight is 367 g/mol. The normalized spacial score (nSPS) is 16.3. The van der Waals surface area contributed by atoms with Crippen molar-refractivity contribution in [3.05, 3.63) is 57.8 Å². The zero-order valence-corrected chi connectivity index (χ0v) is 15.3. The standard InChI is InChI=1S/C18H21N7O2/c1-12-20-17-8-5-15(11-24(17)21-12)19-9-14-10-23(2)22-18(14)13-3-6-16(7-4-13)25(26)27/h3-4,6-7,10,15,19H,5,8-9,11H2,1-2H3. The number of nitrogens with zero attached hydrogens (tertiary/aromatic N) is 6. The number of hydrogen-bond acceptors (Lipinski definition) is 6. The number of aryl methyl sites for hydroxylation is 3. The van der Waals surface area contributed by atoms with Gasteiger partial charge in [-0.2, -0.15) is 10.2 Å². The van der Waals surface area contributed by atoms with Gasteiger partial charge in [-0.05, 0) is 25.5 Å². The molecule has 0 spiro atoms. The van der Waals surface area contributed by atoms with Gasteiger partial charge in [-0.1, -0.05) is 0 Å². The number of hydrogen-bond donors (Lipinski definition) is 1. The monoisotopic (exact) mass is 367 g/mol. The molecule has 2 aromatic heterocycles. The zero-order chi connectivity index (χ0) is 19.0. The second-order valence-electron chi connectivity index (χ2n) is 6.85. The van der Waals surface area contributed by atoms with Crippen LogP contribution in [-0.4, -0.2) is 35.5 Å². The van der Waals surface area contributed by atoms with E-state index in [-0.39, 0.29) is 5.69 Å². The molecule has 0 aliphatic carbocycles. The molecule has 0 amide bonds. The lowest BCUT2D eigenvalue weighted by molar-refractivity contribution is -0.384. The van der Waals surface area contributed by atoms with E-state index in [0.29, 0.717) is 12.6 Å². The molecule has 9 heteroatoms. The van der Waals surface area contributed by atoms with E-state index in [2.05, 4.69) is 20.5 Å². The van der Waals surface area contributed by atoms with Gasteiger partial charge in [0.05, 0.1) is 17.2 Å². The van der Waals surface area contributed by atoms with E-state index in [4.69, 9.17) is 0 Å². The van der Waals surface area contributed by atoms with Crippen LogP contribution in [0.3, 0.4) is 0 Å². The van der Waals surface area contributed by atoms with Crippen LogP contribution in [-0.2, 0) is 26.6 Å². The highest BCUT2D eigenvalue weighted by molar-refractivity contribution is 5.64. The van der Waals surface area contributed by atoms with Crippen molar-refractivity contribution in [3.8, 4) is 11.3 Å². The second kappa shape index (κ2) is 6.92. The fourth-order valence-electron chi connectivity index (χ4n) is 3.51. The SMILES string of the molecule is Cc1nc2n(n1)CC(NCc1cn(C)nc1-c1ccc([N+](=O)[O-])cc1)CC2. The Morgan fingerprint density at radius 2 is 2.07 bits per heavy atom. The smallest absolute Gasteiger partial charge is 0.269 e. The van der Waals surface area contributed by atoms with Gasteiger partial charge in [0.2, 0.25) is 0 Å². The lowest BCUT2D eigenvalue weighted by Crippen LogP contribution is -2.37. The van der Waals surface area contributed by atoms with Crippen LogP contribution in [0, 0.1) is 17.0 Å². The minimum absolute atomic E-state index is 0.0792. The number of nitro groups is 1. The minimum Gasteiger partial charge on any atom is -0.308 e. The Balaban J connectivity index is 1.48. The van der Waals surface area contributed by atoms with Crippen LogP contribution >= 0.6 is 0 Å². The Labute approximate surface area is 156 Å². The van der Waals surface area contributed by atoms with E-state index in [1.807, 2.05) is 24.9 Å². The predicted octanol–water partition coefficient (Wildman–Crippen LogP) is 2.00. The van der Waals surface area contributed by atoms with E-state index in [1.54, 1.807) is 16.8 Å². The van der Waals surface area contributed by atoms with Gasteiger partial charge in [-0.25, -0.2) is 9.67 Å². The van der Waals surface area contributed by atoms with E-state index in [9.17, 15) is 10.1 Å². The molecule has 1 N–H and O–H groups in total. The minimum atomic E-state index is -0.395. The summed E-state index contributed by atoms with van der Waals surface area (Å²) in [6, 6.07) is 6.83. The van der Waals surface area contributed by atoms with Crippen LogP contribution in [0.2, 0.25) is 0 Å². The number of rotatable bonds is 5. The molecule has 0 saturated heterocycles. The molecule has 0 radical (unpaired) electrons. The van der Waals surface area contributed by atoms with E-state index in [1.165, 1.54) is 12.1 Å². The van der Waals surface area contributed by atoms with Crippen molar-refractivity contribution in [2.75, 3.05) is 0 Å². The van der Waals surface area contributed by atoms with Crippen LogP contribution in [0.1, 0.15) is 23.6 Å². The number of non-ortho nitro benzene ring substituents is 1. The molecule has 0 fully saturated rings. The highest BCUT2D eigenvalue weighted by Crippen LogP contribution is 2.24. The van der Waals surface area contributed by atoms with E-state index >= 15 is 0 Å². The first-order chi connectivity index (χ1) is 13.0. The third kappa shape index (κ3) is 3.59. The molecule has 4 rings (SSSR count). The molecule has 140 valence electrons.